The Kier molecular flexibility index (Phi) is 3.29. The van der Waals surface area contributed by atoms with Gasteiger partial charge in [0.15, 0.2) is 0 Å². The fourth-order valence-corrected chi connectivity index (χ4v) is 1.41. The van der Waals surface area contributed by atoms with Gasteiger partial charge in [-0.25, -0.2) is 9.18 Å². The Balaban J connectivity index is 2.85. The van der Waals surface area contributed by atoms with Crippen molar-refractivity contribution in [1.29, 1.82) is 0 Å². The standard InChI is InChI=1S/C11H15FN2O/c1-11(2,7-14-10(13)15)8-5-3-4-6-9(8)12/h3-6H,7H2,1-2H3,(H3,13,14,15). The van der Waals surface area contributed by atoms with E-state index in [-0.39, 0.29) is 5.82 Å². The Morgan fingerprint density at radius 3 is 2.60 bits per heavy atom. The number of primary amides is 1. The highest BCUT2D eigenvalue weighted by molar-refractivity contribution is 5.71. The summed E-state index contributed by atoms with van der Waals surface area (Å²) in [5, 5.41) is 2.48. The van der Waals surface area contributed by atoms with E-state index in [9.17, 15) is 9.18 Å². The Hall–Kier alpha value is -1.58. The highest BCUT2D eigenvalue weighted by atomic mass is 19.1. The number of carbonyl (C=O) groups is 1. The van der Waals surface area contributed by atoms with Crippen LogP contribution in [0.3, 0.4) is 0 Å². The Labute approximate surface area is 88.5 Å². The fraction of sp³-hybridized carbons (Fsp3) is 0.364. The molecular formula is C11H15FN2O. The van der Waals surface area contributed by atoms with E-state index in [0.29, 0.717) is 12.1 Å². The van der Waals surface area contributed by atoms with E-state index in [1.54, 1.807) is 18.2 Å². The van der Waals surface area contributed by atoms with Gasteiger partial charge in [-0.3, -0.25) is 0 Å². The van der Waals surface area contributed by atoms with Crippen molar-refractivity contribution in [2.45, 2.75) is 19.3 Å². The maximum Gasteiger partial charge on any atom is 0.312 e. The second-order valence-electron chi connectivity index (χ2n) is 4.08. The maximum absolute atomic E-state index is 13.5. The van der Waals surface area contributed by atoms with Gasteiger partial charge in [0.05, 0.1) is 0 Å². The summed E-state index contributed by atoms with van der Waals surface area (Å²) < 4.78 is 13.5. The van der Waals surface area contributed by atoms with Crippen molar-refractivity contribution in [3.63, 3.8) is 0 Å². The van der Waals surface area contributed by atoms with E-state index in [1.807, 2.05) is 13.8 Å². The molecule has 2 amide bonds. The quantitative estimate of drug-likeness (QED) is 0.784. The van der Waals surface area contributed by atoms with Crippen LogP contribution in [0.5, 0.6) is 0 Å². The van der Waals surface area contributed by atoms with Crippen molar-refractivity contribution >= 4 is 6.03 Å². The molecule has 1 aromatic rings. The van der Waals surface area contributed by atoms with Gasteiger partial charge in [-0.15, -0.1) is 0 Å². The average Bonchev–Trinajstić information content (AvgIpc) is 2.15. The van der Waals surface area contributed by atoms with Gasteiger partial charge < -0.3 is 11.1 Å². The molecule has 82 valence electrons. The molecule has 0 saturated heterocycles. The molecule has 15 heavy (non-hydrogen) atoms. The molecule has 0 spiro atoms. The van der Waals surface area contributed by atoms with Crippen molar-refractivity contribution in [2.75, 3.05) is 6.54 Å². The molecule has 1 aromatic carbocycles. The molecule has 0 aliphatic heterocycles. The minimum absolute atomic E-state index is 0.270. The number of urea groups is 1. The van der Waals surface area contributed by atoms with Crippen LogP contribution in [0.1, 0.15) is 19.4 Å². The molecular weight excluding hydrogens is 195 g/mol. The number of halogens is 1. The number of hydrogen-bond donors (Lipinski definition) is 2. The first kappa shape index (κ1) is 11.5. The van der Waals surface area contributed by atoms with Gasteiger partial charge in [0, 0.05) is 12.0 Å². The molecule has 4 heteroatoms. The number of benzene rings is 1. The topological polar surface area (TPSA) is 55.1 Å². The van der Waals surface area contributed by atoms with E-state index >= 15 is 0 Å². The predicted molar refractivity (Wildman–Crippen MR) is 57.0 cm³/mol. The van der Waals surface area contributed by atoms with Crippen LogP contribution in [0.15, 0.2) is 24.3 Å². The van der Waals surface area contributed by atoms with Crippen LogP contribution in [-0.2, 0) is 5.41 Å². The first-order chi connectivity index (χ1) is 6.93. The number of hydrogen-bond acceptors (Lipinski definition) is 1. The van der Waals surface area contributed by atoms with E-state index in [0.717, 1.165) is 0 Å². The Bertz CT molecular complexity index is 363. The average molecular weight is 210 g/mol. The SMILES string of the molecule is CC(C)(CNC(N)=O)c1ccccc1F. The Morgan fingerprint density at radius 1 is 1.47 bits per heavy atom. The van der Waals surface area contributed by atoms with E-state index in [4.69, 9.17) is 5.73 Å². The van der Waals surface area contributed by atoms with Crippen molar-refractivity contribution in [3.8, 4) is 0 Å². The first-order valence-corrected chi connectivity index (χ1v) is 4.72. The zero-order valence-electron chi connectivity index (χ0n) is 8.88. The van der Waals surface area contributed by atoms with E-state index in [1.165, 1.54) is 6.07 Å². The van der Waals surface area contributed by atoms with Gasteiger partial charge in [-0.05, 0) is 11.6 Å². The third-order valence-corrected chi connectivity index (χ3v) is 2.31. The van der Waals surface area contributed by atoms with Crippen LogP contribution in [0.4, 0.5) is 9.18 Å². The second-order valence-corrected chi connectivity index (χ2v) is 4.08. The minimum atomic E-state index is -0.598. The monoisotopic (exact) mass is 210 g/mol. The molecule has 0 aliphatic carbocycles. The number of carbonyl (C=O) groups excluding carboxylic acids is 1. The smallest absolute Gasteiger partial charge is 0.312 e. The number of amides is 2. The summed E-state index contributed by atoms with van der Waals surface area (Å²) in [6.07, 6.45) is 0. The molecule has 0 atom stereocenters. The summed E-state index contributed by atoms with van der Waals surface area (Å²) in [5.74, 6) is -0.270. The highest BCUT2D eigenvalue weighted by Crippen LogP contribution is 2.24. The summed E-state index contributed by atoms with van der Waals surface area (Å²) in [6.45, 7) is 4.01. The van der Waals surface area contributed by atoms with Crippen LogP contribution >= 0.6 is 0 Å². The molecule has 0 fully saturated rings. The lowest BCUT2D eigenvalue weighted by Gasteiger charge is -2.25. The summed E-state index contributed by atoms with van der Waals surface area (Å²) in [4.78, 5) is 10.6. The lowest BCUT2D eigenvalue weighted by molar-refractivity contribution is 0.246. The summed E-state index contributed by atoms with van der Waals surface area (Å²) in [7, 11) is 0. The number of nitrogens with one attached hydrogen (secondary N) is 1. The molecule has 0 aliphatic rings. The highest BCUT2D eigenvalue weighted by Gasteiger charge is 2.23. The largest absolute Gasteiger partial charge is 0.352 e. The molecule has 0 unspecified atom stereocenters. The van der Waals surface area contributed by atoms with Crippen LogP contribution in [0.25, 0.3) is 0 Å². The molecule has 0 saturated carbocycles. The Morgan fingerprint density at radius 2 is 2.07 bits per heavy atom. The van der Waals surface area contributed by atoms with Crippen molar-refractivity contribution in [1.82, 2.24) is 5.32 Å². The fourth-order valence-electron chi connectivity index (χ4n) is 1.41. The van der Waals surface area contributed by atoms with Crippen LogP contribution < -0.4 is 11.1 Å². The normalized spacial score (nSPS) is 11.1. The van der Waals surface area contributed by atoms with Gasteiger partial charge in [-0.1, -0.05) is 32.0 Å². The third-order valence-electron chi connectivity index (χ3n) is 2.31. The maximum atomic E-state index is 13.5. The molecule has 0 aromatic heterocycles. The van der Waals surface area contributed by atoms with Crippen LogP contribution in [0, 0.1) is 5.82 Å². The lowest BCUT2D eigenvalue weighted by Crippen LogP contribution is -2.39. The van der Waals surface area contributed by atoms with Gasteiger partial charge in [-0.2, -0.15) is 0 Å². The zero-order valence-corrected chi connectivity index (χ0v) is 8.88. The van der Waals surface area contributed by atoms with Gasteiger partial charge in [0.2, 0.25) is 0 Å². The van der Waals surface area contributed by atoms with Crippen molar-refractivity contribution in [3.05, 3.63) is 35.6 Å². The molecule has 3 N–H and O–H groups in total. The predicted octanol–water partition coefficient (Wildman–Crippen LogP) is 1.77. The van der Waals surface area contributed by atoms with Crippen molar-refractivity contribution < 1.29 is 9.18 Å². The van der Waals surface area contributed by atoms with Crippen LogP contribution in [0.2, 0.25) is 0 Å². The summed E-state index contributed by atoms with van der Waals surface area (Å²) in [5.41, 5.74) is 5.07. The second kappa shape index (κ2) is 4.29. The minimum Gasteiger partial charge on any atom is -0.352 e. The summed E-state index contributed by atoms with van der Waals surface area (Å²) in [6, 6.07) is 5.92. The third kappa shape index (κ3) is 2.94. The zero-order chi connectivity index (χ0) is 11.5. The molecule has 1 rings (SSSR count). The molecule has 3 nitrogen and oxygen atoms in total. The number of nitrogens with two attached hydrogens (primary N) is 1. The summed E-state index contributed by atoms with van der Waals surface area (Å²) >= 11 is 0. The number of rotatable bonds is 3. The van der Waals surface area contributed by atoms with Gasteiger partial charge >= 0.3 is 6.03 Å². The molecule has 0 radical (unpaired) electrons. The molecule has 0 bridgehead atoms. The first-order valence-electron chi connectivity index (χ1n) is 4.72. The van der Waals surface area contributed by atoms with Gasteiger partial charge in [0.25, 0.3) is 0 Å². The van der Waals surface area contributed by atoms with Gasteiger partial charge in [0.1, 0.15) is 5.82 Å². The lowest BCUT2D eigenvalue weighted by atomic mass is 9.84. The molecule has 0 heterocycles. The van der Waals surface area contributed by atoms with Crippen molar-refractivity contribution in [2.24, 2.45) is 5.73 Å². The van der Waals surface area contributed by atoms with E-state index in [2.05, 4.69) is 5.32 Å². The van der Waals surface area contributed by atoms with E-state index < -0.39 is 11.4 Å². The van der Waals surface area contributed by atoms with Crippen LogP contribution in [-0.4, -0.2) is 12.6 Å².